The average molecular weight is 500 g/mol. The Bertz CT molecular complexity index is 1200. The molecule has 0 saturated heterocycles. The molecule has 0 amide bonds. The molecule has 1 heterocycles. The van der Waals surface area contributed by atoms with Gasteiger partial charge in [-0.3, -0.25) is 4.79 Å². The average Bonchev–Trinajstić information content (AvgIpc) is 2.76. The smallest absolute Gasteiger partial charge is 0.282 e. The highest BCUT2D eigenvalue weighted by atomic mass is 79.9. The Morgan fingerprint density at radius 3 is 2.59 bits per heavy atom. The summed E-state index contributed by atoms with van der Waals surface area (Å²) in [6, 6.07) is 11.1. The monoisotopic (exact) mass is 499 g/mol. The largest absolute Gasteiger partial charge is 0.493 e. The summed E-state index contributed by atoms with van der Waals surface area (Å²) < 4.78 is 13.6. The minimum absolute atomic E-state index is 0.0384. The van der Waals surface area contributed by atoms with Gasteiger partial charge in [-0.1, -0.05) is 50.5 Å². The SMILES string of the molecule is CC[C@H](C)c1nc2ccc(Br)cc2c(=O)n1N=Cc1ccc(OCC(C)(C)C)c(OC)c1. The zero-order valence-electron chi connectivity index (χ0n) is 19.5. The Balaban J connectivity index is 2.02. The Labute approximate surface area is 197 Å². The van der Waals surface area contributed by atoms with E-state index in [0.29, 0.717) is 34.8 Å². The molecule has 0 radical (unpaired) electrons. The molecule has 1 aromatic heterocycles. The molecular formula is C25H30BrN3O3. The quantitative estimate of drug-likeness (QED) is 0.374. The number of methoxy groups -OCH3 is 1. The van der Waals surface area contributed by atoms with Crippen molar-refractivity contribution in [2.24, 2.45) is 10.5 Å². The number of halogens is 1. The third kappa shape index (κ3) is 5.57. The molecule has 1 atom stereocenters. The normalized spacial score (nSPS) is 13.0. The van der Waals surface area contributed by atoms with E-state index >= 15 is 0 Å². The second kappa shape index (κ2) is 9.86. The first-order chi connectivity index (χ1) is 15.1. The second-order valence-corrected chi connectivity index (χ2v) is 9.98. The maximum absolute atomic E-state index is 13.2. The van der Waals surface area contributed by atoms with Gasteiger partial charge in [0.15, 0.2) is 11.5 Å². The van der Waals surface area contributed by atoms with E-state index in [1.54, 1.807) is 19.4 Å². The molecule has 0 fully saturated rings. The van der Waals surface area contributed by atoms with Crippen molar-refractivity contribution >= 4 is 33.0 Å². The minimum Gasteiger partial charge on any atom is -0.493 e. The summed E-state index contributed by atoms with van der Waals surface area (Å²) in [4.78, 5) is 18.0. The predicted octanol–water partition coefficient (Wildman–Crippen LogP) is 5.99. The van der Waals surface area contributed by atoms with Crippen molar-refractivity contribution in [1.29, 1.82) is 0 Å². The van der Waals surface area contributed by atoms with E-state index in [9.17, 15) is 4.79 Å². The van der Waals surface area contributed by atoms with E-state index in [1.807, 2.05) is 37.3 Å². The van der Waals surface area contributed by atoms with Crippen molar-refractivity contribution in [3.63, 3.8) is 0 Å². The van der Waals surface area contributed by atoms with Crippen LogP contribution in [0.25, 0.3) is 10.9 Å². The molecule has 0 aliphatic rings. The van der Waals surface area contributed by atoms with Gasteiger partial charge in [0.2, 0.25) is 0 Å². The lowest BCUT2D eigenvalue weighted by Gasteiger charge is -2.20. The topological polar surface area (TPSA) is 65.7 Å². The molecule has 3 aromatic rings. The number of ether oxygens (including phenoxy) is 2. The van der Waals surface area contributed by atoms with Gasteiger partial charge in [0.1, 0.15) is 5.82 Å². The van der Waals surface area contributed by atoms with Crippen LogP contribution in [0.5, 0.6) is 11.5 Å². The fourth-order valence-electron chi connectivity index (χ4n) is 3.08. The third-order valence-corrected chi connectivity index (χ3v) is 5.55. The van der Waals surface area contributed by atoms with E-state index < -0.39 is 0 Å². The van der Waals surface area contributed by atoms with Crippen LogP contribution in [0, 0.1) is 5.41 Å². The van der Waals surface area contributed by atoms with Crippen molar-refractivity contribution in [1.82, 2.24) is 9.66 Å². The van der Waals surface area contributed by atoms with Crippen molar-refractivity contribution in [2.45, 2.75) is 47.0 Å². The van der Waals surface area contributed by atoms with Gasteiger partial charge in [-0.2, -0.15) is 9.78 Å². The highest BCUT2D eigenvalue weighted by Gasteiger charge is 2.16. The lowest BCUT2D eigenvalue weighted by Crippen LogP contribution is -2.23. The van der Waals surface area contributed by atoms with Gasteiger partial charge in [0.25, 0.3) is 5.56 Å². The molecule has 7 heteroatoms. The van der Waals surface area contributed by atoms with Gasteiger partial charge in [0, 0.05) is 10.4 Å². The molecule has 3 rings (SSSR count). The maximum atomic E-state index is 13.2. The van der Waals surface area contributed by atoms with E-state index in [-0.39, 0.29) is 16.9 Å². The number of aromatic nitrogens is 2. The van der Waals surface area contributed by atoms with Gasteiger partial charge in [-0.25, -0.2) is 4.98 Å². The zero-order chi connectivity index (χ0) is 23.5. The van der Waals surface area contributed by atoms with Crippen molar-refractivity contribution in [3.05, 3.63) is 62.6 Å². The van der Waals surface area contributed by atoms with Crippen molar-refractivity contribution in [3.8, 4) is 11.5 Å². The van der Waals surface area contributed by atoms with Crippen LogP contribution in [-0.2, 0) is 0 Å². The Kier molecular flexibility index (Phi) is 7.39. The highest BCUT2D eigenvalue weighted by molar-refractivity contribution is 9.10. The summed E-state index contributed by atoms with van der Waals surface area (Å²) in [5.41, 5.74) is 1.31. The molecule has 0 saturated carbocycles. The Morgan fingerprint density at radius 1 is 1.19 bits per heavy atom. The van der Waals surface area contributed by atoms with Gasteiger partial charge >= 0.3 is 0 Å². The first-order valence-corrected chi connectivity index (χ1v) is 11.5. The number of rotatable bonds is 7. The Morgan fingerprint density at radius 2 is 1.94 bits per heavy atom. The molecule has 32 heavy (non-hydrogen) atoms. The van der Waals surface area contributed by atoms with E-state index in [1.165, 1.54) is 4.68 Å². The van der Waals surface area contributed by atoms with Crippen LogP contribution in [0.2, 0.25) is 0 Å². The van der Waals surface area contributed by atoms with Gasteiger partial charge in [0.05, 0.1) is 30.8 Å². The fourth-order valence-corrected chi connectivity index (χ4v) is 3.44. The first kappa shape index (κ1) is 24.0. The van der Waals surface area contributed by atoms with E-state index in [2.05, 4.69) is 48.7 Å². The number of hydrogen-bond donors (Lipinski definition) is 0. The zero-order valence-corrected chi connectivity index (χ0v) is 21.1. The summed E-state index contributed by atoms with van der Waals surface area (Å²) in [5.74, 6) is 2.01. The molecule has 170 valence electrons. The van der Waals surface area contributed by atoms with Crippen LogP contribution in [0.15, 0.2) is 50.8 Å². The number of hydrogen-bond acceptors (Lipinski definition) is 5. The predicted molar refractivity (Wildman–Crippen MR) is 133 cm³/mol. The standard InChI is InChI=1S/C25H30BrN3O3/c1-7-16(2)23-28-20-10-9-18(26)13-19(20)24(30)29(23)27-14-17-8-11-21(22(12-17)31-6)32-15-25(3,4)5/h8-14,16H,7,15H2,1-6H3/t16-/m0/s1. The number of nitrogens with zero attached hydrogens (tertiary/aromatic N) is 3. The van der Waals surface area contributed by atoms with Crippen LogP contribution >= 0.6 is 15.9 Å². The minimum atomic E-state index is -0.194. The van der Waals surface area contributed by atoms with Crippen molar-refractivity contribution < 1.29 is 9.47 Å². The van der Waals surface area contributed by atoms with Crippen molar-refractivity contribution in [2.75, 3.05) is 13.7 Å². The Hall–Kier alpha value is -2.67. The molecular weight excluding hydrogens is 470 g/mol. The number of fused-ring (bicyclic) bond motifs is 1. The lowest BCUT2D eigenvalue weighted by molar-refractivity contribution is 0.191. The molecule has 0 bridgehead atoms. The molecule has 0 unspecified atom stereocenters. The summed E-state index contributed by atoms with van der Waals surface area (Å²) >= 11 is 3.44. The highest BCUT2D eigenvalue weighted by Crippen LogP contribution is 2.29. The third-order valence-electron chi connectivity index (χ3n) is 5.06. The van der Waals surface area contributed by atoms with E-state index in [0.717, 1.165) is 16.5 Å². The summed E-state index contributed by atoms with van der Waals surface area (Å²) in [6.45, 7) is 11.0. The fraction of sp³-hybridized carbons (Fsp3) is 0.400. The van der Waals surface area contributed by atoms with Gasteiger partial charge < -0.3 is 9.47 Å². The first-order valence-electron chi connectivity index (χ1n) is 10.7. The van der Waals surface area contributed by atoms with Crippen LogP contribution in [0.4, 0.5) is 0 Å². The van der Waals surface area contributed by atoms with Crippen LogP contribution < -0.4 is 15.0 Å². The van der Waals surface area contributed by atoms with Gasteiger partial charge in [-0.05, 0) is 53.8 Å². The van der Waals surface area contributed by atoms with Crippen LogP contribution in [-0.4, -0.2) is 29.6 Å². The maximum Gasteiger partial charge on any atom is 0.282 e. The molecule has 2 aromatic carbocycles. The van der Waals surface area contributed by atoms with Crippen LogP contribution in [0.3, 0.4) is 0 Å². The van der Waals surface area contributed by atoms with Gasteiger partial charge in [-0.15, -0.1) is 0 Å². The molecule has 0 aliphatic carbocycles. The number of benzene rings is 2. The van der Waals surface area contributed by atoms with E-state index in [4.69, 9.17) is 14.5 Å². The molecule has 0 spiro atoms. The molecule has 6 nitrogen and oxygen atoms in total. The lowest BCUT2D eigenvalue weighted by atomic mass is 9.99. The summed E-state index contributed by atoms with van der Waals surface area (Å²) in [5, 5.41) is 5.04. The molecule has 0 aliphatic heterocycles. The second-order valence-electron chi connectivity index (χ2n) is 9.06. The van der Waals surface area contributed by atoms with Crippen LogP contribution in [0.1, 0.15) is 58.3 Å². The molecule has 0 N–H and O–H groups in total. The summed E-state index contributed by atoms with van der Waals surface area (Å²) in [6.07, 6.45) is 2.49. The summed E-state index contributed by atoms with van der Waals surface area (Å²) in [7, 11) is 1.61.